The zero-order chi connectivity index (χ0) is 8.65. The van der Waals surface area contributed by atoms with E-state index in [1.54, 1.807) is 0 Å². The van der Waals surface area contributed by atoms with Crippen molar-refractivity contribution < 1.29 is 0 Å². The molecular formula is C11H22. The highest BCUT2D eigenvalue weighted by Crippen LogP contribution is 2.46. The summed E-state index contributed by atoms with van der Waals surface area (Å²) in [7, 11) is 0. The molecule has 0 amide bonds. The van der Waals surface area contributed by atoms with E-state index in [1.807, 2.05) is 0 Å². The Balaban J connectivity index is 2.67. The summed E-state index contributed by atoms with van der Waals surface area (Å²) < 4.78 is 0. The Morgan fingerprint density at radius 3 is 1.64 bits per heavy atom. The Hall–Kier alpha value is 0. The summed E-state index contributed by atoms with van der Waals surface area (Å²) in [6, 6.07) is 0. The summed E-state index contributed by atoms with van der Waals surface area (Å²) in [6.07, 6.45) is 2.86. The quantitative estimate of drug-likeness (QED) is 0.499. The first-order valence-corrected chi connectivity index (χ1v) is 4.94. The highest BCUT2D eigenvalue weighted by molar-refractivity contribution is 4.87. The van der Waals surface area contributed by atoms with E-state index in [0.29, 0.717) is 5.41 Å². The summed E-state index contributed by atoms with van der Waals surface area (Å²) >= 11 is 0. The molecule has 0 spiro atoms. The van der Waals surface area contributed by atoms with Crippen LogP contribution in [-0.4, -0.2) is 0 Å². The molecule has 1 saturated carbocycles. The first-order valence-electron chi connectivity index (χ1n) is 4.94. The summed E-state index contributed by atoms with van der Waals surface area (Å²) in [5.74, 6) is 2.76. The lowest BCUT2D eigenvalue weighted by Gasteiger charge is -2.44. The van der Waals surface area contributed by atoms with Crippen molar-refractivity contribution in [3.8, 4) is 0 Å². The molecule has 0 aromatic heterocycles. The van der Waals surface area contributed by atoms with Crippen LogP contribution in [0.5, 0.6) is 0 Å². The Kier molecular flexibility index (Phi) is 2.32. The monoisotopic (exact) mass is 154 g/mol. The predicted molar refractivity (Wildman–Crippen MR) is 50.5 cm³/mol. The molecule has 3 atom stereocenters. The molecule has 0 N–H and O–H groups in total. The van der Waals surface area contributed by atoms with Crippen molar-refractivity contribution in [3.05, 3.63) is 0 Å². The molecule has 0 radical (unpaired) electrons. The zero-order valence-electron chi connectivity index (χ0n) is 8.65. The van der Waals surface area contributed by atoms with Crippen LogP contribution in [0, 0.1) is 23.2 Å². The maximum Gasteiger partial charge on any atom is -0.0303 e. The van der Waals surface area contributed by atoms with Gasteiger partial charge in [-0.25, -0.2) is 0 Å². The first kappa shape index (κ1) is 9.09. The van der Waals surface area contributed by atoms with Crippen LogP contribution in [0.15, 0.2) is 0 Å². The lowest BCUT2D eigenvalue weighted by atomic mass is 9.61. The number of rotatable bonds is 0. The van der Waals surface area contributed by atoms with Crippen LogP contribution in [0.1, 0.15) is 47.5 Å². The van der Waals surface area contributed by atoms with Gasteiger partial charge < -0.3 is 0 Å². The largest absolute Gasteiger partial charge is 0.0625 e. The lowest BCUT2D eigenvalue weighted by molar-refractivity contribution is 0.0532. The fraction of sp³-hybridized carbons (Fsp3) is 1.00. The Labute approximate surface area is 71.4 Å². The number of hydrogen-bond acceptors (Lipinski definition) is 0. The van der Waals surface area contributed by atoms with E-state index < -0.39 is 0 Å². The second kappa shape index (κ2) is 2.80. The molecule has 0 nitrogen and oxygen atoms in total. The van der Waals surface area contributed by atoms with Crippen molar-refractivity contribution in [2.24, 2.45) is 23.2 Å². The van der Waals surface area contributed by atoms with Crippen LogP contribution in [0.3, 0.4) is 0 Å². The second-order valence-electron chi connectivity index (χ2n) is 5.20. The Morgan fingerprint density at radius 1 is 0.909 bits per heavy atom. The van der Waals surface area contributed by atoms with Crippen molar-refractivity contribution in [1.29, 1.82) is 0 Å². The highest BCUT2D eigenvalue weighted by atomic mass is 14.4. The molecule has 1 unspecified atom stereocenters. The molecule has 1 aliphatic carbocycles. The van der Waals surface area contributed by atoms with Crippen LogP contribution in [0.2, 0.25) is 0 Å². The summed E-state index contributed by atoms with van der Waals surface area (Å²) in [5, 5.41) is 0. The van der Waals surface area contributed by atoms with E-state index in [9.17, 15) is 0 Å². The van der Waals surface area contributed by atoms with Gasteiger partial charge in [0.15, 0.2) is 0 Å². The van der Waals surface area contributed by atoms with Crippen LogP contribution in [-0.2, 0) is 0 Å². The van der Waals surface area contributed by atoms with Gasteiger partial charge in [-0.15, -0.1) is 0 Å². The molecule has 0 aromatic carbocycles. The molecular weight excluding hydrogens is 132 g/mol. The summed E-state index contributed by atoms with van der Waals surface area (Å²) in [4.78, 5) is 0. The Morgan fingerprint density at radius 2 is 1.27 bits per heavy atom. The molecule has 1 rings (SSSR count). The normalized spacial score (nSPS) is 43.9. The molecule has 0 heteroatoms. The summed E-state index contributed by atoms with van der Waals surface area (Å²) in [6.45, 7) is 12.1. The van der Waals surface area contributed by atoms with E-state index in [4.69, 9.17) is 0 Å². The Bertz CT molecular complexity index is 121. The molecule has 0 aromatic rings. The minimum Gasteiger partial charge on any atom is -0.0625 e. The van der Waals surface area contributed by atoms with E-state index >= 15 is 0 Å². The van der Waals surface area contributed by atoms with Gasteiger partial charge in [0.2, 0.25) is 0 Å². The third-order valence-corrected chi connectivity index (χ3v) is 4.05. The maximum atomic E-state index is 2.42. The third kappa shape index (κ3) is 1.60. The van der Waals surface area contributed by atoms with Gasteiger partial charge in [-0.2, -0.15) is 0 Å². The fourth-order valence-electron chi connectivity index (χ4n) is 2.40. The topological polar surface area (TPSA) is 0 Å². The van der Waals surface area contributed by atoms with Gasteiger partial charge in [-0.1, -0.05) is 34.6 Å². The van der Waals surface area contributed by atoms with Crippen molar-refractivity contribution in [3.63, 3.8) is 0 Å². The molecule has 0 heterocycles. The van der Waals surface area contributed by atoms with Gasteiger partial charge in [-0.3, -0.25) is 0 Å². The van der Waals surface area contributed by atoms with Crippen LogP contribution in [0.25, 0.3) is 0 Å². The van der Waals surface area contributed by atoms with Gasteiger partial charge in [0.1, 0.15) is 0 Å². The molecule has 0 aliphatic heterocycles. The van der Waals surface area contributed by atoms with Crippen LogP contribution in [0.4, 0.5) is 0 Å². The first-order chi connectivity index (χ1) is 4.94. The zero-order valence-corrected chi connectivity index (χ0v) is 8.65. The van der Waals surface area contributed by atoms with Gasteiger partial charge in [0.05, 0.1) is 0 Å². The average Bonchev–Trinajstić information content (AvgIpc) is 1.84. The van der Waals surface area contributed by atoms with E-state index in [-0.39, 0.29) is 0 Å². The van der Waals surface area contributed by atoms with Crippen molar-refractivity contribution in [2.45, 2.75) is 47.5 Å². The molecule has 0 bridgehead atoms. The molecule has 66 valence electrons. The second-order valence-corrected chi connectivity index (χ2v) is 5.20. The van der Waals surface area contributed by atoms with Crippen molar-refractivity contribution in [2.75, 3.05) is 0 Å². The summed E-state index contributed by atoms with van der Waals surface area (Å²) in [5.41, 5.74) is 0.576. The van der Waals surface area contributed by atoms with Gasteiger partial charge >= 0.3 is 0 Å². The molecule has 11 heavy (non-hydrogen) atoms. The van der Waals surface area contributed by atoms with Crippen molar-refractivity contribution in [1.82, 2.24) is 0 Å². The fourth-order valence-corrected chi connectivity index (χ4v) is 2.40. The lowest BCUT2D eigenvalue weighted by Crippen LogP contribution is -2.36. The maximum absolute atomic E-state index is 2.42. The molecule has 1 fully saturated rings. The van der Waals surface area contributed by atoms with Gasteiger partial charge in [-0.05, 0) is 36.0 Å². The third-order valence-electron chi connectivity index (χ3n) is 4.05. The SMILES string of the molecule is CC1C[C@@H](C)C(C)(C)[C@@H](C)C1. The van der Waals surface area contributed by atoms with Gasteiger partial charge in [0, 0.05) is 0 Å². The average molecular weight is 154 g/mol. The van der Waals surface area contributed by atoms with Gasteiger partial charge in [0.25, 0.3) is 0 Å². The van der Waals surface area contributed by atoms with Crippen molar-refractivity contribution >= 4 is 0 Å². The molecule has 0 saturated heterocycles. The molecule has 1 aliphatic rings. The number of hydrogen-bond donors (Lipinski definition) is 0. The smallest absolute Gasteiger partial charge is 0.0303 e. The van der Waals surface area contributed by atoms with E-state index in [2.05, 4.69) is 34.6 Å². The minimum absolute atomic E-state index is 0.576. The van der Waals surface area contributed by atoms with Crippen LogP contribution >= 0.6 is 0 Å². The van der Waals surface area contributed by atoms with Crippen LogP contribution < -0.4 is 0 Å². The van der Waals surface area contributed by atoms with E-state index in [1.165, 1.54) is 12.8 Å². The predicted octanol–water partition coefficient (Wildman–Crippen LogP) is 3.71. The standard InChI is InChI=1S/C11H22/c1-8-6-9(2)11(4,5)10(3)7-8/h8-10H,6-7H2,1-5H3/t8?,9-,10+. The minimum atomic E-state index is 0.576. The van der Waals surface area contributed by atoms with E-state index in [0.717, 1.165) is 17.8 Å². The highest BCUT2D eigenvalue weighted by Gasteiger charge is 2.37.